The Kier molecular flexibility index (Phi) is 6.06. The van der Waals surface area contributed by atoms with Crippen molar-refractivity contribution in [2.24, 2.45) is 0 Å². The molecule has 0 aliphatic carbocycles. The first kappa shape index (κ1) is 19.7. The van der Waals surface area contributed by atoms with E-state index in [0.717, 1.165) is 11.1 Å². The van der Waals surface area contributed by atoms with E-state index in [0.29, 0.717) is 28.7 Å². The minimum Gasteiger partial charge on any atom is -0.422 e. The number of rotatable bonds is 6. The maximum Gasteiger partial charge on any atom is 0.343 e. The number of aromatic nitrogens is 2. The van der Waals surface area contributed by atoms with E-state index in [1.165, 1.54) is 0 Å². The Hall–Kier alpha value is -3.63. The fraction of sp³-hybridized carbons (Fsp3) is 0.0400. The second-order valence-electron chi connectivity index (χ2n) is 6.67. The summed E-state index contributed by atoms with van der Waals surface area (Å²) in [6.07, 6.45) is 5.40. The molecule has 0 aliphatic heterocycles. The fourth-order valence-electron chi connectivity index (χ4n) is 3.01. The number of halogens is 1. The Morgan fingerprint density at radius 2 is 1.53 bits per heavy atom. The van der Waals surface area contributed by atoms with Gasteiger partial charge in [0, 0.05) is 35.6 Å². The van der Waals surface area contributed by atoms with E-state index in [4.69, 9.17) is 16.3 Å². The molecule has 0 saturated carbocycles. The highest BCUT2D eigenvalue weighted by Gasteiger charge is 2.13. The fourth-order valence-corrected chi connectivity index (χ4v) is 3.13. The molecule has 0 unspecified atom stereocenters. The van der Waals surface area contributed by atoms with Gasteiger partial charge >= 0.3 is 5.97 Å². The summed E-state index contributed by atoms with van der Waals surface area (Å²) in [5.41, 5.74) is 2.38. The predicted octanol–water partition coefficient (Wildman–Crippen LogP) is 5.94. The van der Waals surface area contributed by atoms with Crippen LogP contribution in [0, 0.1) is 0 Å². The van der Waals surface area contributed by atoms with Gasteiger partial charge in [-0.15, -0.1) is 0 Å². The molecule has 0 bridgehead atoms. The molecule has 0 amide bonds. The minimum atomic E-state index is -0.415. The molecule has 0 spiro atoms. The van der Waals surface area contributed by atoms with Gasteiger partial charge in [-0.25, -0.2) is 9.78 Å². The van der Waals surface area contributed by atoms with Crippen molar-refractivity contribution in [2.75, 3.05) is 0 Å². The second kappa shape index (κ2) is 9.25. The number of ether oxygens (including phenoxy) is 1. The van der Waals surface area contributed by atoms with Crippen molar-refractivity contribution < 1.29 is 9.53 Å². The van der Waals surface area contributed by atoms with Crippen molar-refractivity contribution in [2.45, 2.75) is 6.54 Å². The summed E-state index contributed by atoms with van der Waals surface area (Å²) in [4.78, 5) is 17.1. The van der Waals surface area contributed by atoms with Gasteiger partial charge in [0.1, 0.15) is 11.6 Å². The highest BCUT2D eigenvalue weighted by molar-refractivity contribution is 6.30. The summed E-state index contributed by atoms with van der Waals surface area (Å²) in [7, 11) is 0. The Morgan fingerprint density at radius 1 is 0.900 bits per heavy atom. The number of carbonyl (C=O) groups excluding carboxylic acids is 1. The zero-order valence-electron chi connectivity index (χ0n) is 16.1. The Labute approximate surface area is 180 Å². The second-order valence-corrected chi connectivity index (χ2v) is 7.11. The topological polar surface area (TPSA) is 44.1 Å². The van der Waals surface area contributed by atoms with Crippen LogP contribution in [0.5, 0.6) is 0 Å². The Morgan fingerprint density at radius 3 is 2.20 bits per heavy atom. The third kappa shape index (κ3) is 4.85. The lowest BCUT2D eigenvalue weighted by Crippen LogP contribution is -2.06. The first-order valence-corrected chi connectivity index (χ1v) is 9.87. The van der Waals surface area contributed by atoms with Crippen LogP contribution < -0.4 is 0 Å². The molecule has 4 rings (SSSR count). The highest BCUT2D eigenvalue weighted by Crippen LogP contribution is 2.21. The molecule has 4 aromatic rings. The molecule has 30 heavy (non-hydrogen) atoms. The van der Waals surface area contributed by atoms with Crippen molar-refractivity contribution in [1.29, 1.82) is 0 Å². The van der Waals surface area contributed by atoms with E-state index < -0.39 is 5.97 Å². The molecule has 0 saturated heterocycles. The molecule has 4 nitrogen and oxygen atoms in total. The van der Waals surface area contributed by atoms with E-state index in [1.807, 2.05) is 71.4 Å². The van der Waals surface area contributed by atoms with Crippen LogP contribution in [-0.4, -0.2) is 15.5 Å². The van der Waals surface area contributed by atoms with Gasteiger partial charge in [0.25, 0.3) is 0 Å². The van der Waals surface area contributed by atoms with Crippen LogP contribution in [0.1, 0.15) is 27.3 Å². The van der Waals surface area contributed by atoms with Crippen LogP contribution in [0.3, 0.4) is 0 Å². The third-order valence-electron chi connectivity index (χ3n) is 4.54. The molecule has 0 N–H and O–H groups in total. The van der Waals surface area contributed by atoms with E-state index in [-0.39, 0.29) is 0 Å². The quantitative estimate of drug-likeness (QED) is 0.289. The lowest BCUT2D eigenvalue weighted by molar-refractivity contribution is 0.0693. The lowest BCUT2D eigenvalue weighted by atomic mass is 10.1. The van der Waals surface area contributed by atoms with Gasteiger partial charge in [-0.1, -0.05) is 72.3 Å². The summed E-state index contributed by atoms with van der Waals surface area (Å²) in [5.74, 6) is 0.708. The maximum absolute atomic E-state index is 12.7. The summed E-state index contributed by atoms with van der Waals surface area (Å²) in [5, 5.41) is 0.698. The maximum atomic E-state index is 12.7. The average molecular weight is 415 g/mol. The zero-order chi connectivity index (χ0) is 20.8. The monoisotopic (exact) mass is 414 g/mol. The van der Waals surface area contributed by atoms with Crippen LogP contribution in [0.4, 0.5) is 0 Å². The summed E-state index contributed by atoms with van der Waals surface area (Å²) in [6.45, 7) is 0.623. The lowest BCUT2D eigenvalue weighted by Gasteiger charge is -2.11. The van der Waals surface area contributed by atoms with E-state index in [1.54, 1.807) is 36.5 Å². The van der Waals surface area contributed by atoms with E-state index in [9.17, 15) is 4.79 Å². The molecule has 0 fully saturated rings. The van der Waals surface area contributed by atoms with Crippen LogP contribution >= 0.6 is 11.6 Å². The Bertz CT molecular complexity index is 1150. The molecular weight excluding hydrogens is 396 g/mol. The van der Waals surface area contributed by atoms with Crippen molar-refractivity contribution in [1.82, 2.24) is 9.55 Å². The zero-order valence-corrected chi connectivity index (χ0v) is 16.9. The molecule has 5 heteroatoms. The van der Waals surface area contributed by atoms with Gasteiger partial charge in [-0.2, -0.15) is 0 Å². The molecule has 1 heterocycles. The predicted molar refractivity (Wildman–Crippen MR) is 119 cm³/mol. The van der Waals surface area contributed by atoms with Gasteiger partial charge in [-0.3, -0.25) is 0 Å². The number of imidazole rings is 1. The minimum absolute atomic E-state index is 0.415. The largest absolute Gasteiger partial charge is 0.422 e. The van der Waals surface area contributed by atoms with Gasteiger partial charge in [-0.05, 0) is 29.8 Å². The van der Waals surface area contributed by atoms with E-state index in [2.05, 4.69) is 4.98 Å². The molecule has 148 valence electrons. The molecule has 0 aliphatic rings. The normalized spacial score (nSPS) is 11.3. The molecule has 1 aromatic heterocycles. The Balaban J connectivity index is 1.65. The highest BCUT2D eigenvalue weighted by atomic mass is 35.5. The van der Waals surface area contributed by atoms with Crippen molar-refractivity contribution >= 4 is 29.4 Å². The molecule has 3 aromatic carbocycles. The number of benzene rings is 3. The van der Waals surface area contributed by atoms with Gasteiger partial charge in [0.2, 0.25) is 0 Å². The molecule has 0 atom stereocenters. The number of hydrogen-bond donors (Lipinski definition) is 0. The van der Waals surface area contributed by atoms with Gasteiger partial charge < -0.3 is 9.30 Å². The van der Waals surface area contributed by atoms with Crippen LogP contribution in [0.2, 0.25) is 5.02 Å². The van der Waals surface area contributed by atoms with Crippen LogP contribution in [-0.2, 0) is 11.3 Å². The number of esters is 1. The van der Waals surface area contributed by atoms with Crippen LogP contribution in [0.15, 0.2) is 97.3 Å². The number of hydrogen-bond acceptors (Lipinski definition) is 3. The smallest absolute Gasteiger partial charge is 0.343 e. The standard InChI is InChI=1S/C25H19ClN2O2/c26-22-13-11-19(12-14-22)18-28-16-15-27-24(28)17-23(20-7-3-1-4-8-20)30-25(29)21-9-5-2-6-10-21/h1-17H,18H2. The first-order chi connectivity index (χ1) is 14.7. The molecular formula is C25H19ClN2O2. The number of carbonyl (C=O) groups is 1. The van der Waals surface area contributed by atoms with E-state index >= 15 is 0 Å². The van der Waals surface area contributed by atoms with Crippen molar-refractivity contribution in [3.8, 4) is 0 Å². The average Bonchev–Trinajstić information content (AvgIpc) is 3.22. The van der Waals surface area contributed by atoms with Crippen LogP contribution in [0.25, 0.3) is 11.8 Å². The summed E-state index contributed by atoms with van der Waals surface area (Å²) < 4.78 is 7.76. The SMILES string of the molecule is O=C(OC(=Cc1nccn1Cc1ccc(Cl)cc1)c1ccccc1)c1ccccc1. The van der Waals surface area contributed by atoms with Gasteiger partial charge in [0.15, 0.2) is 0 Å². The van der Waals surface area contributed by atoms with Gasteiger partial charge in [0.05, 0.1) is 5.56 Å². The summed E-state index contributed by atoms with van der Waals surface area (Å²) in [6, 6.07) is 26.1. The van der Waals surface area contributed by atoms with Crippen molar-refractivity contribution in [3.05, 3.63) is 125 Å². The first-order valence-electron chi connectivity index (χ1n) is 9.49. The van der Waals surface area contributed by atoms with Crippen molar-refractivity contribution in [3.63, 3.8) is 0 Å². The summed E-state index contributed by atoms with van der Waals surface area (Å²) >= 11 is 5.98. The molecule has 0 radical (unpaired) electrons. The third-order valence-corrected chi connectivity index (χ3v) is 4.80. The number of nitrogens with zero attached hydrogens (tertiary/aromatic N) is 2.